The Labute approximate surface area is 219 Å². The number of nitrogens with one attached hydrogen (secondary N) is 1. The van der Waals surface area contributed by atoms with E-state index >= 15 is 0 Å². The van der Waals surface area contributed by atoms with Crippen LogP contribution in [-0.4, -0.2) is 54.4 Å². The van der Waals surface area contributed by atoms with E-state index in [1.165, 1.54) is 25.7 Å². The van der Waals surface area contributed by atoms with E-state index in [0.29, 0.717) is 49.2 Å². The molecule has 0 spiro atoms. The molecule has 0 aliphatic heterocycles. The number of aliphatic carboxylic acids is 1. The number of carboxylic acids is 1. The normalized spacial score (nSPS) is 11.6. The lowest BCUT2D eigenvalue weighted by molar-refractivity contribution is -0.149. The Kier molecular flexibility index (Phi) is 13.8. The highest BCUT2D eigenvalue weighted by molar-refractivity contribution is 6.30. The van der Waals surface area contributed by atoms with Gasteiger partial charge in [0.25, 0.3) is 0 Å². The van der Waals surface area contributed by atoms with Gasteiger partial charge < -0.3 is 24.8 Å². The fourth-order valence-electron chi connectivity index (χ4n) is 3.76. The van der Waals surface area contributed by atoms with E-state index in [-0.39, 0.29) is 6.03 Å². The van der Waals surface area contributed by atoms with Crippen LogP contribution in [0, 0.1) is 0 Å². The Morgan fingerprint density at radius 1 is 0.944 bits per heavy atom. The molecule has 2 rings (SSSR count). The number of halogens is 1. The van der Waals surface area contributed by atoms with Gasteiger partial charge in [-0.2, -0.15) is 0 Å². The van der Waals surface area contributed by atoms with E-state index < -0.39 is 12.1 Å². The van der Waals surface area contributed by atoms with Crippen molar-refractivity contribution in [3.05, 3.63) is 59.1 Å². The number of hydrogen-bond donors (Lipinski definition) is 2. The number of anilines is 1. The highest BCUT2D eigenvalue weighted by Crippen LogP contribution is 2.16. The van der Waals surface area contributed by atoms with Gasteiger partial charge in [-0.05, 0) is 55.3 Å². The minimum Gasteiger partial charge on any atom is -0.492 e. The third-order valence-electron chi connectivity index (χ3n) is 5.78. The molecule has 36 heavy (non-hydrogen) atoms. The zero-order valence-electron chi connectivity index (χ0n) is 21.4. The van der Waals surface area contributed by atoms with Crippen LogP contribution in [0.1, 0.15) is 57.9 Å². The van der Waals surface area contributed by atoms with Crippen LogP contribution in [0.4, 0.5) is 10.5 Å². The Balaban J connectivity index is 1.88. The molecule has 0 heterocycles. The van der Waals surface area contributed by atoms with Gasteiger partial charge in [0, 0.05) is 30.3 Å². The second-order valence-corrected chi connectivity index (χ2v) is 9.11. The lowest BCUT2D eigenvalue weighted by Crippen LogP contribution is -2.38. The molecule has 0 bridgehead atoms. The molecule has 0 aromatic heterocycles. The summed E-state index contributed by atoms with van der Waals surface area (Å²) < 4.78 is 11.2. The second kappa shape index (κ2) is 16.8. The molecule has 2 aromatic rings. The maximum atomic E-state index is 12.9. The number of carbonyl (C=O) groups is 2. The first-order valence-corrected chi connectivity index (χ1v) is 13.2. The number of rotatable bonds is 17. The number of hydrogen-bond acceptors (Lipinski definition) is 4. The number of nitrogens with zero attached hydrogens (tertiary/aromatic N) is 1. The third-order valence-corrected chi connectivity index (χ3v) is 6.03. The van der Waals surface area contributed by atoms with Gasteiger partial charge in [-0.3, -0.25) is 0 Å². The molecular weight excluding hydrogens is 480 g/mol. The summed E-state index contributed by atoms with van der Waals surface area (Å²) in [6.07, 6.45) is 6.32. The molecule has 1 atom stereocenters. The molecule has 0 saturated carbocycles. The summed E-state index contributed by atoms with van der Waals surface area (Å²) in [5.41, 5.74) is 1.55. The zero-order valence-corrected chi connectivity index (χ0v) is 22.1. The lowest BCUT2D eigenvalue weighted by atomic mass is 10.1. The first kappa shape index (κ1) is 29.5. The highest BCUT2D eigenvalue weighted by Gasteiger charge is 2.18. The molecule has 2 amide bonds. The van der Waals surface area contributed by atoms with Crippen LogP contribution in [0.25, 0.3) is 0 Å². The summed E-state index contributed by atoms with van der Waals surface area (Å²) in [7, 11) is 0. The van der Waals surface area contributed by atoms with E-state index in [0.717, 1.165) is 18.4 Å². The number of ether oxygens (including phenoxy) is 2. The van der Waals surface area contributed by atoms with E-state index in [1.807, 2.05) is 24.3 Å². The van der Waals surface area contributed by atoms with Crippen LogP contribution < -0.4 is 10.1 Å². The highest BCUT2D eigenvalue weighted by atomic mass is 35.5. The van der Waals surface area contributed by atoms with Gasteiger partial charge in [0.15, 0.2) is 6.10 Å². The quantitative estimate of drug-likeness (QED) is 0.229. The fourth-order valence-corrected chi connectivity index (χ4v) is 3.89. The maximum absolute atomic E-state index is 12.9. The van der Waals surface area contributed by atoms with E-state index in [2.05, 4.69) is 12.2 Å². The molecule has 2 aromatic carbocycles. The predicted octanol–water partition coefficient (Wildman–Crippen LogP) is 6.65. The number of urea groups is 1. The fraction of sp³-hybridized carbons (Fsp3) is 0.500. The van der Waals surface area contributed by atoms with E-state index in [9.17, 15) is 14.7 Å². The molecule has 0 saturated heterocycles. The van der Waals surface area contributed by atoms with Crippen molar-refractivity contribution in [3.63, 3.8) is 0 Å². The minimum absolute atomic E-state index is 0.166. The first-order chi connectivity index (χ1) is 17.4. The standard InChI is InChI=1S/C28H39ClN2O5/c1-3-5-6-7-8-9-18-31(28(34)30-24-14-12-23(29)13-15-24)19-20-36-25-16-10-22(11-17-25)21-26(27(32)33)35-4-2/h10-17,26H,3-9,18-21H2,1-2H3,(H,30,34)(H,32,33). The lowest BCUT2D eigenvalue weighted by Gasteiger charge is -2.23. The van der Waals surface area contributed by atoms with Gasteiger partial charge in [-0.1, -0.05) is 62.8 Å². The zero-order chi connectivity index (χ0) is 26.2. The van der Waals surface area contributed by atoms with Crippen LogP contribution in [0.2, 0.25) is 5.02 Å². The smallest absolute Gasteiger partial charge is 0.333 e. The van der Waals surface area contributed by atoms with E-state index in [4.69, 9.17) is 21.1 Å². The van der Waals surface area contributed by atoms with Crippen molar-refractivity contribution in [2.24, 2.45) is 0 Å². The molecule has 0 radical (unpaired) electrons. The Bertz CT molecular complexity index is 905. The number of unbranched alkanes of at least 4 members (excludes halogenated alkanes) is 5. The molecule has 2 N–H and O–H groups in total. The Morgan fingerprint density at radius 2 is 1.61 bits per heavy atom. The largest absolute Gasteiger partial charge is 0.492 e. The molecule has 1 unspecified atom stereocenters. The molecule has 7 nitrogen and oxygen atoms in total. The Hall–Kier alpha value is -2.77. The predicted molar refractivity (Wildman–Crippen MR) is 144 cm³/mol. The van der Waals surface area contributed by atoms with Gasteiger partial charge in [0.1, 0.15) is 12.4 Å². The monoisotopic (exact) mass is 518 g/mol. The van der Waals surface area contributed by atoms with Crippen LogP contribution >= 0.6 is 11.6 Å². The summed E-state index contributed by atoms with van der Waals surface area (Å²) in [4.78, 5) is 26.0. The number of carboxylic acid groups (broad SMARTS) is 1. The van der Waals surface area contributed by atoms with Crippen molar-refractivity contribution in [2.75, 3.05) is 31.6 Å². The van der Waals surface area contributed by atoms with Crippen molar-refractivity contribution in [3.8, 4) is 5.75 Å². The topological polar surface area (TPSA) is 88.1 Å². The Morgan fingerprint density at radius 3 is 2.25 bits per heavy atom. The van der Waals surface area contributed by atoms with Crippen molar-refractivity contribution in [2.45, 2.75) is 64.9 Å². The second-order valence-electron chi connectivity index (χ2n) is 8.67. The van der Waals surface area contributed by atoms with Gasteiger partial charge in [-0.15, -0.1) is 0 Å². The number of carbonyl (C=O) groups excluding carboxylic acids is 1. The van der Waals surface area contributed by atoms with Crippen LogP contribution in [0.15, 0.2) is 48.5 Å². The number of benzene rings is 2. The molecule has 0 fully saturated rings. The molecule has 0 aliphatic rings. The average molecular weight is 519 g/mol. The molecule has 198 valence electrons. The summed E-state index contributed by atoms with van der Waals surface area (Å²) in [5.74, 6) is -0.306. The van der Waals surface area contributed by atoms with Crippen molar-refractivity contribution in [1.82, 2.24) is 4.90 Å². The SMILES string of the molecule is CCCCCCCCN(CCOc1ccc(CC(OCC)C(=O)O)cc1)C(=O)Nc1ccc(Cl)cc1. The van der Waals surface area contributed by atoms with Gasteiger partial charge >= 0.3 is 12.0 Å². The van der Waals surface area contributed by atoms with Crippen molar-refractivity contribution in [1.29, 1.82) is 0 Å². The molecule has 8 heteroatoms. The van der Waals surface area contributed by atoms with Gasteiger partial charge in [0.2, 0.25) is 0 Å². The third kappa shape index (κ3) is 11.3. The minimum atomic E-state index is -0.973. The summed E-state index contributed by atoms with van der Waals surface area (Å²) in [5, 5.41) is 12.8. The van der Waals surface area contributed by atoms with E-state index in [1.54, 1.807) is 36.1 Å². The molecular formula is C28H39ClN2O5. The van der Waals surface area contributed by atoms with Crippen molar-refractivity contribution >= 4 is 29.3 Å². The van der Waals surface area contributed by atoms with Crippen LogP contribution in [-0.2, 0) is 16.0 Å². The average Bonchev–Trinajstić information content (AvgIpc) is 2.87. The van der Waals surface area contributed by atoms with Crippen LogP contribution in [0.3, 0.4) is 0 Å². The summed E-state index contributed by atoms with van der Waals surface area (Å²) >= 11 is 5.95. The summed E-state index contributed by atoms with van der Waals surface area (Å²) in [6.45, 7) is 5.77. The maximum Gasteiger partial charge on any atom is 0.333 e. The van der Waals surface area contributed by atoms with Gasteiger partial charge in [0.05, 0.1) is 6.54 Å². The summed E-state index contributed by atoms with van der Waals surface area (Å²) in [6, 6.07) is 14.2. The van der Waals surface area contributed by atoms with Gasteiger partial charge in [-0.25, -0.2) is 9.59 Å². The molecule has 0 aliphatic carbocycles. The first-order valence-electron chi connectivity index (χ1n) is 12.8. The van der Waals surface area contributed by atoms with Crippen molar-refractivity contribution < 1.29 is 24.2 Å². The number of amides is 2. The van der Waals surface area contributed by atoms with Crippen LogP contribution in [0.5, 0.6) is 5.75 Å².